The summed E-state index contributed by atoms with van der Waals surface area (Å²) in [5.74, 6) is -0.386. The van der Waals surface area contributed by atoms with E-state index in [-0.39, 0.29) is 30.5 Å². The van der Waals surface area contributed by atoms with Crippen LogP contribution in [-0.4, -0.2) is 28.9 Å². The lowest BCUT2D eigenvalue weighted by molar-refractivity contribution is -0.142. The third kappa shape index (κ3) is 3.58. The van der Waals surface area contributed by atoms with Crippen molar-refractivity contribution in [2.45, 2.75) is 38.9 Å². The van der Waals surface area contributed by atoms with Gasteiger partial charge in [-0.15, -0.1) is 0 Å². The zero-order valence-corrected chi connectivity index (χ0v) is 13.7. The second-order valence-corrected chi connectivity index (χ2v) is 6.04. The number of alkyl halides is 1. The first-order valence-electron chi connectivity index (χ1n) is 7.23. The third-order valence-corrected chi connectivity index (χ3v) is 4.29. The Kier molecular flexibility index (Phi) is 5.06. The summed E-state index contributed by atoms with van der Waals surface area (Å²) in [6, 6.07) is 7.29. The van der Waals surface area contributed by atoms with Gasteiger partial charge in [-0.25, -0.2) is 9.40 Å². The Balaban J connectivity index is 2.18. The van der Waals surface area contributed by atoms with Crippen LogP contribution in [0.4, 0.5) is 4.39 Å². The number of carbonyl (C=O) groups excluding carboxylic acids is 1. The van der Waals surface area contributed by atoms with Gasteiger partial charge in [-0.3, -0.25) is 4.79 Å². The van der Waals surface area contributed by atoms with Gasteiger partial charge in [0.05, 0.1) is 19.6 Å². The van der Waals surface area contributed by atoms with Crippen LogP contribution in [0.5, 0.6) is 5.75 Å². The fourth-order valence-electron chi connectivity index (χ4n) is 2.39. The lowest BCUT2D eigenvalue weighted by Crippen LogP contribution is -2.46. The van der Waals surface area contributed by atoms with E-state index in [0.29, 0.717) is 0 Å². The second-order valence-electron chi connectivity index (χ2n) is 5.61. The van der Waals surface area contributed by atoms with Crippen molar-refractivity contribution in [1.29, 1.82) is 0 Å². The Hall–Kier alpha value is -1.62. The van der Waals surface area contributed by atoms with Crippen LogP contribution in [0.15, 0.2) is 29.4 Å². The summed E-state index contributed by atoms with van der Waals surface area (Å²) >= 11 is 6.02. The first kappa shape index (κ1) is 16.7. The smallest absolute Gasteiger partial charge is 0.249 e. The summed E-state index contributed by atoms with van der Waals surface area (Å²) in [6.45, 7) is 3.42. The molecule has 2 unspecified atom stereocenters. The van der Waals surface area contributed by atoms with E-state index in [9.17, 15) is 9.18 Å². The SMILES string of the molecule is CCC(C)(F)C1CC(Cl)=NN(Cc2ccc(OC)cc2)C1=O. The third-order valence-electron chi connectivity index (χ3n) is 4.06. The minimum atomic E-state index is -1.59. The molecule has 0 spiro atoms. The van der Waals surface area contributed by atoms with Crippen LogP contribution >= 0.6 is 11.6 Å². The van der Waals surface area contributed by atoms with Gasteiger partial charge in [0.2, 0.25) is 5.91 Å². The highest BCUT2D eigenvalue weighted by molar-refractivity contribution is 6.65. The van der Waals surface area contributed by atoms with E-state index in [1.54, 1.807) is 26.2 Å². The van der Waals surface area contributed by atoms with Crippen molar-refractivity contribution in [3.8, 4) is 5.75 Å². The highest BCUT2D eigenvalue weighted by Crippen LogP contribution is 2.34. The summed E-state index contributed by atoms with van der Waals surface area (Å²) in [6.07, 6.45) is 0.407. The molecule has 0 aliphatic carbocycles. The largest absolute Gasteiger partial charge is 0.497 e. The van der Waals surface area contributed by atoms with E-state index in [4.69, 9.17) is 16.3 Å². The molecule has 1 amide bonds. The second kappa shape index (κ2) is 6.65. The van der Waals surface area contributed by atoms with Crippen molar-refractivity contribution in [2.24, 2.45) is 11.0 Å². The van der Waals surface area contributed by atoms with E-state index >= 15 is 0 Å². The first-order valence-corrected chi connectivity index (χ1v) is 7.61. The van der Waals surface area contributed by atoms with Crippen LogP contribution in [0.25, 0.3) is 0 Å². The predicted octanol–water partition coefficient (Wildman–Crippen LogP) is 3.73. The van der Waals surface area contributed by atoms with Crippen LogP contribution in [0, 0.1) is 5.92 Å². The molecule has 0 saturated heterocycles. The monoisotopic (exact) mass is 326 g/mol. The van der Waals surface area contributed by atoms with E-state index in [1.165, 1.54) is 11.9 Å². The van der Waals surface area contributed by atoms with Gasteiger partial charge in [0.15, 0.2) is 0 Å². The number of hydrogen-bond acceptors (Lipinski definition) is 3. The average Bonchev–Trinajstić information content (AvgIpc) is 2.51. The maximum Gasteiger partial charge on any atom is 0.249 e. The highest BCUT2D eigenvalue weighted by Gasteiger charge is 2.43. The molecule has 0 saturated carbocycles. The van der Waals surface area contributed by atoms with Crippen molar-refractivity contribution in [2.75, 3.05) is 7.11 Å². The standard InChI is InChI=1S/C16H20ClFN2O2/c1-4-16(2,18)13-9-14(17)19-20(15(13)21)10-11-5-7-12(22-3)8-6-11/h5-8,13H,4,9-10H2,1-3H3. The van der Waals surface area contributed by atoms with Gasteiger partial charge in [0.1, 0.15) is 16.6 Å². The zero-order valence-electron chi connectivity index (χ0n) is 13.0. The highest BCUT2D eigenvalue weighted by atomic mass is 35.5. The number of carbonyl (C=O) groups is 1. The summed E-state index contributed by atoms with van der Waals surface area (Å²) in [4.78, 5) is 12.5. The molecule has 2 rings (SSSR count). The summed E-state index contributed by atoms with van der Waals surface area (Å²) in [5, 5.41) is 5.58. The number of amides is 1. The Morgan fingerprint density at radius 2 is 2.09 bits per heavy atom. The maximum absolute atomic E-state index is 14.6. The number of halogens is 2. The Labute approximate surface area is 134 Å². The fourth-order valence-corrected chi connectivity index (χ4v) is 2.64. The Bertz CT molecular complexity index is 572. The molecule has 1 heterocycles. The van der Waals surface area contributed by atoms with Crippen LogP contribution in [-0.2, 0) is 11.3 Å². The number of hydrazone groups is 1. The molecular weight excluding hydrogens is 307 g/mol. The van der Waals surface area contributed by atoms with Crippen LogP contribution in [0.1, 0.15) is 32.3 Å². The van der Waals surface area contributed by atoms with Gasteiger partial charge >= 0.3 is 0 Å². The van der Waals surface area contributed by atoms with Crippen molar-refractivity contribution in [3.05, 3.63) is 29.8 Å². The first-order chi connectivity index (χ1) is 10.4. The predicted molar refractivity (Wildman–Crippen MR) is 84.7 cm³/mol. The number of benzene rings is 1. The van der Waals surface area contributed by atoms with E-state index in [0.717, 1.165) is 11.3 Å². The number of methoxy groups -OCH3 is 1. The van der Waals surface area contributed by atoms with Crippen LogP contribution in [0.2, 0.25) is 0 Å². The molecule has 120 valence electrons. The molecule has 1 aromatic rings. The lowest BCUT2D eigenvalue weighted by atomic mass is 9.84. The van der Waals surface area contributed by atoms with Crippen molar-refractivity contribution >= 4 is 22.7 Å². The molecule has 1 aliphatic heterocycles. The molecule has 2 atom stereocenters. The number of hydrogen-bond donors (Lipinski definition) is 0. The zero-order chi connectivity index (χ0) is 16.3. The summed E-state index contributed by atoms with van der Waals surface area (Å²) in [5.41, 5.74) is -0.717. The molecule has 0 radical (unpaired) electrons. The topological polar surface area (TPSA) is 41.9 Å². The molecule has 1 aromatic carbocycles. The van der Waals surface area contributed by atoms with E-state index < -0.39 is 11.6 Å². The van der Waals surface area contributed by atoms with E-state index in [2.05, 4.69) is 5.10 Å². The molecule has 22 heavy (non-hydrogen) atoms. The summed E-state index contributed by atoms with van der Waals surface area (Å²) < 4.78 is 19.7. The average molecular weight is 327 g/mol. The molecule has 0 bridgehead atoms. The number of rotatable bonds is 5. The fraction of sp³-hybridized carbons (Fsp3) is 0.500. The van der Waals surface area contributed by atoms with E-state index in [1.807, 2.05) is 12.1 Å². The van der Waals surface area contributed by atoms with Gasteiger partial charge in [0.25, 0.3) is 0 Å². The van der Waals surface area contributed by atoms with Crippen LogP contribution in [0.3, 0.4) is 0 Å². The van der Waals surface area contributed by atoms with Gasteiger partial charge < -0.3 is 4.74 Å². The number of ether oxygens (including phenoxy) is 1. The normalized spacial score (nSPS) is 21.3. The molecule has 0 N–H and O–H groups in total. The molecule has 0 aromatic heterocycles. The molecule has 4 nitrogen and oxygen atoms in total. The maximum atomic E-state index is 14.6. The van der Waals surface area contributed by atoms with Gasteiger partial charge in [-0.05, 0) is 31.0 Å². The van der Waals surface area contributed by atoms with Crippen molar-refractivity contribution < 1.29 is 13.9 Å². The Morgan fingerprint density at radius 3 is 2.64 bits per heavy atom. The molecular formula is C16H20ClFN2O2. The summed E-state index contributed by atoms with van der Waals surface area (Å²) in [7, 11) is 1.59. The number of nitrogens with zero attached hydrogens (tertiary/aromatic N) is 2. The van der Waals surface area contributed by atoms with Gasteiger partial charge in [-0.1, -0.05) is 30.7 Å². The molecule has 1 aliphatic rings. The van der Waals surface area contributed by atoms with Crippen molar-refractivity contribution in [3.63, 3.8) is 0 Å². The quantitative estimate of drug-likeness (QED) is 0.827. The molecule has 0 fully saturated rings. The van der Waals surface area contributed by atoms with Gasteiger partial charge in [0, 0.05) is 6.42 Å². The van der Waals surface area contributed by atoms with Crippen molar-refractivity contribution in [1.82, 2.24) is 5.01 Å². The minimum Gasteiger partial charge on any atom is -0.497 e. The molecule has 6 heteroatoms. The van der Waals surface area contributed by atoms with Gasteiger partial charge in [-0.2, -0.15) is 5.10 Å². The van der Waals surface area contributed by atoms with Crippen LogP contribution < -0.4 is 4.74 Å². The lowest BCUT2D eigenvalue weighted by Gasteiger charge is -2.34. The Morgan fingerprint density at radius 1 is 1.45 bits per heavy atom. The minimum absolute atomic E-state index is 0.153.